The van der Waals surface area contributed by atoms with Gasteiger partial charge in [0.15, 0.2) is 5.11 Å². The van der Waals surface area contributed by atoms with Crippen molar-refractivity contribution in [3.8, 4) is 0 Å². The zero-order chi connectivity index (χ0) is 17.9. The molecule has 3 nitrogen and oxygen atoms in total. The second-order valence-corrected chi connectivity index (χ2v) is 7.52. The Balaban J connectivity index is 2.01. The van der Waals surface area contributed by atoms with Crippen molar-refractivity contribution >= 4 is 28.9 Å². The molecule has 0 spiro atoms. The van der Waals surface area contributed by atoms with Gasteiger partial charge in [-0.3, -0.25) is 10.1 Å². The molecule has 0 radical (unpaired) electrons. The van der Waals surface area contributed by atoms with E-state index in [-0.39, 0.29) is 11.3 Å². The van der Waals surface area contributed by atoms with Gasteiger partial charge >= 0.3 is 0 Å². The van der Waals surface area contributed by atoms with E-state index < -0.39 is 0 Å². The number of anilines is 1. The predicted octanol–water partition coefficient (Wildman–Crippen LogP) is 4.73. The van der Waals surface area contributed by atoms with Crippen LogP contribution >= 0.6 is 12.2 Å². The highest BCUT2D eigenvalue weighted by molar-refractivity contribution is 7.80. The maximum absolute atomic E-state index is 12.3. The number of amides is 1. The van der Waals surface area contributed by atoms with E-state index in [1.54, 1.807) is 0 Å². The monoisotopic (exact) mass is 340 g/mol. The molecule has 0 bridgehead atoms. The SMILES string of the molecule is Cc1cc(C)cc(C(=O)NC(=S)Nc2ccc(C(C)(C)C)cc2)c1. The molecule has 1 amide bonds. The number of carbonyl (C=O) groups excluding carboxylic acids is 1. The normalized spacial score (nSPS) is 11.0. The van der Waals surface area contributed by atoms with E-state index in [2.05, 4.69) is 43.5 Å². The van der Waals surface area contributed by atoms with Crippen molar-refractivity contribution in [2.24, 2.45) is 0 Å². The van der Waals surface area contributed by atoms with Crippen molar-refractivity contribution in [3.63, 3.8) is 0 Å². The Morgan fingerprint density at radius 3 is 2.00 bits per heavy atom. The average molecular weight is 340 g/mol. The van der Waals surface area contributed by atoms with E-state index in [0.717, 1.165) is 16.8 Å². The lowest BCUT2D eigenvalue weighted by Crippen LogP contribution is -2.34. The minimum Gasteiger partial charge on any atom is -0.332 e. The largest absolute Gasteiger partial charge is 0.332 e. The van der Waals surface area contributed by atoms with Crippen LogP contribution in [0.2, 0.25) is 0 Å². The quantitative estimate of drug-likeness (QED) is 0.777. The van der Waals surface area contributed by atoms with E-state index >= 15 is 0 Å². The van der Waals surface area contributed by atoms with Gasteiger partial charge in [0.25, 0.3) is 5.91 Å². The fourth-order valence-electron chi connectivity index (χ4n) is 2.50. The first-order chi connectivity index (χ1) is 11.1. The van der Waals surface area contributed by atoms with Crippen molar-refractivity contribution in [2.75, 3.05) is 5.32 Å². The number of aryl methyl sites for hydroxylation is 2. The molecule has 0 aliphatic heterocycles. The summed E-state index contributed by atoms with van der Waals surface area (Å²) in [7, 11) is 0. The summed E-state index contributed by atoms with van der Waals surface area (Å²) < 4.78 is 0. The third-order valence-corrected chi connectivity index (χ3v) is 3.92. The van der Waals surface area contributed by atoms with Gasteiger partial charge in [-0.05, 0) is 61.3 Å². The van der Waals surface area contributed by atoms with Crippen molar-refractivity contribution in [2.45, 2.75) is 40.0 Å². The third-order valence-electron chi connectivity index (χ3n) is 3.72. The first-order valence-corrected chi connectivity index (χ1v) is 8.37. The first-order valence-electron chi connectivity index (χ1n) is 7.96. The molecule has 2 N–H and O–H groups in total. The lowest BCUT2D eigenvalue weighted by Gasteiger charge is -2.19. The molecule has 126 valence electrons. The van der Waals surface area contributed by atoms with Crippen LogP contribution in [0.1, 0.15) is 47.8 Å². The Kier molecular flexibility index (Phi) is 5.40. The van der Waals surface area contributed by atoms with Gasteiger partial charge in [-0.1, -0.05) is 50.1 Å². The van der Waals surface area contributed by atoms with Gasteiger partial charge in [0.2, 0.25) is 0 Å². The highest BCUT2D eigenvalue weighted by Gasteiger charge is 2.13. The van der Waals surface area contributed by atoms with Crippen LogP contribution in [0.25, 0.3) is 0 Å². The molecule has 0 heterocycles. The first kappa shape index (κ1) is 18.1. The minimum absolute atomic E-state index is 0.107. The molecule has 2 aromatic rings. The van der Waals surface area contributed by atoms with Crippen molar-refractivity contribution in [1.82, 2.24) is 5.32 Å². The summed E-state index contributed by atoms with van der Waals surface area (Å²) in [5.74, 6) is -0.203. The lowest BCUT2D eigenvalue weighted by atomic mass is 9.87. The molecular formula is C20H24N2OS. The zero-order valence-corrected chi connectivity index (χ0v) is 15.7. The van der Waals surface area contributed by atoms with Gasteiger partial charge in [-0.15, -0.1) is 0 Å². The molecule has 0 aromatic heterocycles. The highest BCUT2D eigenvalue weighted by Crippen LogP contribution is 2.23. The Labute approximate surface area is 149 Å². The number of thiocarbonyl (C=S) groups is 1. The van der Waals surface area contributed by atoms with Gasteiger partial charge in [-0.2, -0.15) is 0 Å². The summed E-state index contributed by atoms with van der Waals surface area (Å²) in [6.45, 7) is 10.5. The maximum atomic E-state index is 12.3. The van der Waals surface area contributed by atoms with Gasteiger partial charge in [0.05, 0.1) is 0 Å². The Bertz CT molecular complexity index is 738. The average Bonchev–Trinajstić information content (AvgIpc) is 2.45. The van der Waals surface area contributed by atoms with E-state index in [1.165, 1.54) is 5.56 Å². The van der Waals surface area contributed by atoms with Crippen LogP contribution in [0.15, 0.2) is 42.5 Å². The Hall–Kier alpha value is -2.20. The standard InChI is InChI=1S/C20H24N2OS/c1-13-10-14(2)12-15(11-13)18(23)22-19(24)21-17-8-6-16(7-9-17)20(3,4)5/h6-12H,1-5H3,(H2,21,22,23,24). The maximum Gasteiger partial charge on any atom is 0.257 e. The van der Waals surface area contributed by atoms with Crippen molar-refractivity contribution < 1.29 is 4.79 Å². The number of nitrogens with one attached hydrogen (secondary N) is 2. The number of benzene rings is 2. The zero-order valence-electron chi connectivity index (χ0n) is 14.9. The van der Waals surface area contributed by atoms with Crippen LogP contribution in [0.4, 0.5) is 5.69 Å². The second-order valence-electron chi connectivity index (χ2n) is 7.11. The molecule has 0 atom stereocenters. The Morgan fingerprint density at radius 1 is 0.958 bits per heavy atom. The van der Waals surface area contributed by atoms with Gasteiger partial charge in [-0.25, -0.2) is 0 Å². The van der Waals surface area contributed by atoms with Crippen LogP contribution in [-0.4, -0.2) is 11.0 Å². The summed E-state index contributed by atoms with van der Waals surface area (Å²) in [5, 5.41) is 6.07. The third kappa shape index (κ3) is 4.90. The van der Waals surface area contributed by atoms with Gasteiger partial charge < -0.3 is 5.32 Å². The van der Waals surface area contributed by atoms with E-state index in [4.69, 9.17) is 12.2 Å². The molecular weight excluding hydrogens is 316 g/mol. The summed E-state index contributed by atoms with van der Waals surface area (Å²) in [6, 6.07) is 13.8. The molecule has 0 aliphatic rings. The fourth-order valence-corrected chi connectivity index (χ4v) is 2.71. The van der Waals surface area contributed by atoms with Crippen molar-refractivity contribution in [1.29, 1.82) is 0 Å². The number of carbonyl (C=O) groups is 1. The van der Waals surface area contributed by atoms with Crippen LogP contribution < -0.4 is 10.6 Å². The number of rotatable bonds is 2. The predicted molar refractivity (Wildman–Crippen MR) is 105 cm³/mol. The van der Waals surface area contributed by atoms with Crippen LogP contribution in [0, 0.1) is 13.8 Å². The van der Waals surface area contributed by atoms with E-state index in [9.17, 15) is 4.79 Å². The topological polar surface area (TPSA) is 41.1 Å². The molecule has 0 unspecified atom stereocenters. The smallest absolute Gasteiger partial charge is 0.257 e. The molecule has 2 rings (SSSR count). The number of hydrogen-bond donors (Lipinski definition) is 2. The molecule has 24 heavy (non-hydrogen) atoms. The summed E-state index contributed by atoms with van der Waals surface area (Å²) in [4.78, 5) is 12.3. The molecule has 0 saturated heterocycles. The lowest BCUT2D eigenvalue weighted by molar-refractivity contribution is 0.0977. The summed E-state index contributed by atoms with van der Waals surface area (Å²) in [6.07, 6.45) is 0. The van der Waals surface area contributed by atoms with Crippen LogP contribution in [0.3, 0.4) is 0 Å². The minimum atomic E-state index is -0.203. The summed E-state index contributed by atoms with van der Waals surface area (Å²) in [5.41, 5.74) is 4.93. The molecule has 0 fully saturated rings. The Morgan fingerprint density at radius 2 is 1.50 bits per heavy atom. The van der Waals surface area contributed by atoms with Crippen molar-refractivity contribution in [3.05, 3.63) is 64.7 Å². The highest BCUT2D eigenvalue weighted by atomic mass is 32.1. The summed E-state index contributed by atoms with van der Waals surface area (Å²) >= 11 is 5.24. The fraction of sp³-hybridized carbons (Fsp3) is 0.300. The number of hydrogen-bond acceptors (Lipinski definition) is 2. The second kappa shape index (κ2) is 7.14. The molecule has 4 heteroatoms. The molecule has 2 aromatic carbocycles. The van der Waals surface area contributed by atoms with Gasteiger partial charge in [0, 0.05) is 11.3 Å². The van der Waals surface area contributed by atoms with Crippen LogP contribution in [-0.2, 0) is 5.41 Å². The van der Waals surface area contributed by atoms with E-state index in [1.807, 2.05) is 44.2 Å². The van der Waals surface area contributed by atoms with Gasteiger partial charge in [0.1, 0.15) is 0 Å². The van der Waals surface area contributed by atoms with Crippen LogP contribution in [0.5, 0.6) is 0 Å². The van der Waals surface area contributed by atoms with E-state index in [0.29, 0.717) is 10.7 Å². The molecule has 0 aliphatic carbocycles. The molecule has 0 saturated carbocycles.